The Kier molecular flexibility index (Phi) is 5.29. The summed E-state index contributed by atoms with van der Waals surface area (Å²) in [6.07, 6.45) is 5.02. The van der Waals surface area contributed by atoms with Gasteiger partial charge in [0.25, 0.3) is 0 Å². The minimum atomic E-state index is 0. The van der Waals surface area contributed by atoms with Gasteiger partial charge in [-0.3, -0.25) is 0 Å². The summed E-state index contributed by atoms with van der Waals surface area (Å²) in [5.41, 5.74) is 1.29. The summed E-state index contributed by atoms with van der Waals surface area (Å²) in [7, 11) is 0. The van der Waals surface area contributed by atoms with E-state index in [1.165, 1.54) is 25.7 Å². The molecule has 0 bridgehead atoms. The highest BCUT2D eigenvalue weighted by Gasteiger charge is 2.34. The van der Waals surface area contributed by atoms with Gasteiger partial charge >= 0.3 is 0 Å². The fraction of sp³-hybridized carbons (Fsp3) is 0.538. The van der Waals surface area contributed by atoms with E-state index in [1.807, 2.05) is 12.1 Å². The molecule has 0 unspecified atom stereocenters. The number of aromatic hydroxyl groups is 1. The third-order valence-electron chi connectivity index (χ3n) is 3.68. The molecule has 0 radical (unpaired) electrons. The maximum Gasteiger partial charge on any atom is 0.120 e. The van der Waals surface area contributed by atoms with Crippen LogP contribution in [0.25, 0.3) is 0 Å². The predicted octanol–water partition coefficient (Wildman–Crippen LogP) is 4.00. The minimum absolute atomic E-state index is 0. The van der Waals surface area contributed by atoms with Crippen LogP contribution in [-0.2, 0) is 6.54 Å². The molecule has 1 fully saturated rings. The first-order valence-electron chi connectivity index (χ1n) is 5.88. The standard InChI is InChI=1S/C13H18BrNO.ClH/c1-2-13(6-3-7-13)15-9-10-8-11(14)4-5-12(10)16;/h4-5,8,15-16H,2-3,6-7,9H2,1H3;1H. The molecule has 0 aliphatic heterocycles. The molecule has 17 heavy (non-hydrogen) atoms. The van der Waals surface area contributed by atoms with Gasteiger partial charge < -0.3 is 10.4 Å². The van der Waals surface area contributed by atoms with Crippen LogP contribution in [0.15, 0.2) is 22.7 Å². The first-order valence-corrected chi connectivity index (χ1v) is 6.67. The second kappa shape index (κ2) is 6.07. The van der Waals surface area contributed by atoms with Crippen LogP contribution in [0.5, 0.6) is 5.75 Å². The van der Waals surface area contributed by atoms with Crippen molar-refractivity contribution >= 4 is 28.3 Å². The monoisotopic (exact) mass is 319 g/mol. The highest BCUT2D eigenvalue weighted by atomic mass is 79.9. The van der Waals surface area contributed by atoms with Gasteiger partial charge in [-0.25, -0.2) is 0 Å². The Bertz CT molecular complexity index is 374. The van der Waals surface area contributed by atoms with Crippen LogP contribution in [0.1, 0.15) is 38.2 Å². The Labute approximate surface area is 117 Å². The van der Waals surface area contributed by atoms with E-state index in [4.69, 9.17) is 0 Å². The number of phenols is 1. The molecule has 0 heterocycles. The Morgan fingerprint density at radius 1 is 1.41 bits per heavy atom. The van der Waals surface area contributed by atoms with E-state index in [0.717, 1.165) is 16.6 Å². The van der Waals surface area contributed by atoms with Gasteiger partial charge in [0.15, 0.2) is 0 Å². The van der Waals surface area contributed by atoms with E-state index in [2.05, 4.69) is 28.2 Å². The molecule has 96 valence electrons. The van der Waals surface area contributed by atoms with Crippen molar-refractivity contribution in [2.75, 3.05) is 0 Å². The molecule has 4 heteroatoms. The van der Waals surface area contributed by atoms with Crippen LogP contribution >= 0.6 is 28.3 Å². The SMILES string of the molecule is CCC1(NCc2cc(Br)ccc2O)CCC1.Cl. The van der Waals surface area contributed by atoms with Crippen LogP contribution in [0.3, 0.4) is 0 Å². The number of phenolic OH excluding ortho intramolecular Hbond substituents is 1. The van der Waals surface area contributed by atoms with Gasteiger partial charge in [-0.1, -0.05) is 22.9 Å². The molecule has 1 aliphatic rings. The molecule has 1 aromatic rings. The number of halogens is 2. The zero-order valence-electron chi connectivity index (χ0n) is 10.0. The maximum atomic E-state index is 9.73. The lowest BCUT2D eigenvalue weighted by Crippen LogP contribution is -2.49. The van der Waals surface area contributed by atoms with Crippen molar-refractivity contribution in [3.8, 4) is 5.75 Å². The predicted molar refractivity (Wildman–Crippen MR) is 76.8 cm³/mol. The van der Waals surface area contributed by atoms with Crippen molar-refractivity contribution in [1.82, 2.24) is 5.32 Å². The van der Waals surface area contributed by atoms with Gasteiger partial charge in [-0.05, 0) is 43.9 Å². The number of nitrogens with one attached hydrogen (secondary N) is 1. The lowest BCUT2D eigenvalue weighted by molar-refractivity contribution is 0.175. The number of rotatable bonds is 4. The Morgan fingerprint density at radius 3 is 2.65 bits per heavy atom. The first kappa shape index (κ1) is 14.8. The van der Waals surface area contributed by atoms with E-state index >= 15 is 0 Å². The van der Waals surface area contributed by atoms with Crippen LogP contribution in [0, 0.1) is 0 Å². The number of hydrogen-bond donors (Lipinski definition) is 2. The second-order valence-corrected chi connectivity index (χ2v) is 5.53. The van der Waals surface area contributed by atoms with Gasteiger partial charge in [-0.2, -0.15) is 0 Å². The van der Waals surface area contributed by atoms with Crippen molar-refractivity contribution in [1.29, 1.82) is 0 Å². The van der Waals surface area contributed by atoms with Crippen LogP contribution in [0.2, 0.25) is 0 Å². The van der Waals surface area contributed by atoms with Crippen LogP contribution in [-0.4, -0.2) is 10.6 Å². The Balaban J connectivity index is 0.00000144. The van der Waals surface area contributed by atoms with Crippen molar-refractivity contribution < 1.29 is 5.11 Å². The van der Waals surface area contributed by atoms with Crippen molar-refractivity contribution in [3.05, 3.63) is 28.2 Å². The molecular formula is C13H19BrClNO. The molecule has 0 atom stereocenters. The molecular weight excluding hydrogens is 302 g/mol. The first-order chi connectivity index (χ1) is 7.65. The second-order valence-electron chi connectivity index (χ2n) is 4.61. The topological polar surface area (TPSA) is 32.3 Å². The third kappa shape index (κ3) is 3.36. The summed E-state index contributed by atoms with van der Waals surface area (Å²) < 4.78 is 1.02. The highest BCUT2D eigenvalue weighted by Crippen LogP contribution is 2.35. The lowest BCUT2D eigenvalue weighted by atomic mass is 9.75. The third-order valence-corrected chi connectivity index (χ3v) is 4.18. The average Bonchev–Trinajstić information content (AvgIpc) is 2.22. The minimum Gasteiger partial charge on any atom is -0.508 e. The van der Waals surface area contributed by atoms with Gasteiger partial charge in [0.05, 0.1) is 0 Å². The fourth-order valence-electron chi connectivity index (χ4n) is 2.24. The maximum absolute atomic E-state index is 9.73. The molecule has 0 amide bonds. The summed E-state index contributed by atoms with van der Waals surface area (Å²) in [6.45, 7) is 2.98. The van der Waals surface area contributed by atoms with Gasteiger partial charge in [0.2, 0.25) is 0 Å². The van der Waals surface area contributed by atoms with E-state index in [0.29, 0.717) is 11.3 Å². The molecule has 0 aromatic heterocycles. The summed E-state index contributed by atoms with van der Waals surface area (Å²) in [5.74, 6) is 0.376. The molecule has 0 spiro atoms. The summed E-state index contributed by atoms with van der Waals surface area (Å²) in [5, 5.41) is 13.3. The van der Waals surface area contributed by atoms with E-state index in [9.17, 15) is 5.11 Å². The Hall–Kier alpha value is -0.250. The molecule has 1 saturated carbocycles. The number of hydrogen-bond acceptors (Lipinski definition) is 2. The van der Waals surface area contributed by atoms with Gasteiger partial charge in [0, 0.05) is 22.1 Å². The molecule has 2 rings (SSSR count). The smallest absolute Gasteiger partial charge is 0.120 e. The van der Waals surface area contributed by atoms with Crippen molar-refractivity contribution in [2.24, 2.45) is 0 Å². The van der Waals surface area contributed by atoms with E-state index in [-0.39, 0.29) is 12.4 Å². The lowest BCUT2D eigenvalue weighted by Gasteiger charge is -2.42. The normalized spacial score (nSPS) is 17.1. The van der Waals surface area contributed by atoms with Gasteiger partial charge in [-0.15, -0.1) is 12.4 Å². The van der Waals surface area contributed by atoms with E-state index < -0.39 is 0 Å². The zero-order valence-corrected chi connectivity index (χ0v) is 12.4. The van der Waals surface area contributed by atoms with Crippen LogP contribution < -0.4 is 5.32 Å². The molecule has 2 nitrogen and oxygen atoms in total. The quantitative estimate of drug-likeness (QED) is 0.879. The molecule has 1 aromatic carbocycles. The summed E-state index contributed by atoms with van der Waals surface area (Å²) in [6, 6.07) is 5.57. The average molecular weight is 321 g/mol. The zero-order chi connectivity index (χ0) is 11.6. The summed E-state index contributed by atoms with van der Waals surface area (Å²) in [4.78, 5) is 0. The van der Waals surface area contributed by atoms with Crippen molar-refractivity contribution in [3.63, 3.8) is 0 Å². The van der Waals surface area contributed by atoms with E-state index in [1.54, 1.807) is 6.07 Å². The fourth-order valence-corrected chi connectivity index (χ4v) is 2.65. The summed E-state index contributed by atoms with van der Waals surface area (Å²) >= 11 is 3.43. The molecule has 2 N–H and O–H groups in total. The van der Waals surface area contributed by atoms with Crippen LogP contribution in [0.4, 0.5) is 0 Å². The van der Waals surface area contributed by atoms with Crippen molar-refractivity contribution in [2.45, 2.75) is 44.7 Å². The Morgan fingerprint density at radius 2 is 2.12 bits per heavy atom. The molecule has 0 saturated heterocycles. The van der Waals surface area contributed by atoms with Gasteiger partial charge in [0.1, 0.15) is 5.75 Å². The highest BCUT2D eigenvalue weighted by molar-refractivity contribution is 9.10. The number of benzene rings is 1. The largest absolute Gasteiger partial charge is 0.508 e. The molecule has 1 aliphatic carbocycles.